The molecular weight excluding hydrogens is 518 g/mol. The summed E-state index contributed by atoms with van der Waals surface area (Å²) in [7, 11) is 0.420. The van der Waals surface area contributed by atoms with Gasteiger partial charge in [-0.05, 0) is 42.7 Å². The molecule has 2 N–H and O–H groups in total. The second-order valence-electron chi connectivity index (χ2n) is 6.82. The van der Waals surface area contributed by atoms with E-state index < -0.39 is 9.84 Å². The third-order valence-electron chi connectivity index (χ3n) is 4.51. The van der Waals surface area contributed by atoms with Gasteiger partial charge in [0.05, 0.1) is 10.6 Å². The number of para-hydroxylation sites is 1. The van der Waals surface area contributed by atoms with Crippen LogP contribution in [0.25, 0.3) is 0 Å². The zero-order valence-corrected chi connectivity index (χ0v) is 20.7. The van der Waals surface area contributed by atoms with Crippen molar-refractivity contribution in [2.75, 3.05) is 44.9 Å². The second kappa shape index (κ2) is 12.7. The maximum Gasteiger partial charge on any atom is 0.190 e. The van der Waals surface area contributed by atoms with Crippen LogP contribution in [0, 0.1) is 5.82 Å². The fraction of sp³-hybridized carbons (Fsp3) is 0.381. The molecule has 0 saturated heterocycles. The monoisotopic (exact) mass is 548 g/mol. The van der Waals surface area contributed by atoms with E-state index in [1.807, 2.05) is 30.1 Å². The van der Waals surface area contributed by atoms with Crippen LogP contribution in [0.15, 0.2) is 58.4 Å². The highest BCUT2D eigenvalue weighted by atomic mass is 127. The molecule has 0 bridgehead atoms. The van der Waals surface area contributed by atoms with E-state index in [1.54, 1.807) is 31.3 Å². The van der Waals surface area contributed by atoms with Crippen LogP contribution in [0.4, 0.5) is 10.1 Å². The molecule has 9 heteroatoms. The van der Waals surface area contributed by atoms with Crippen LogP contribution in [0.2, 0.25) is 0 Å². The first kappa shape index (κ1) is 26.2. The number of halogens is 2. The van der Waals surface area contributed by atoms with Crippen LogP contribution in [0.3, 0.4) is 0 Å². The average molecular weight is 548 g/mol. The summed E-state index contributed by atoms with van der Waals surface area (Å²) in [6, 6.07) is 13.7. The summed E-state index contributed by atoms with van der Waals surface area (Å²) < 4.78 is 36.8. The fourth-order valence-corrected chi connectivity index (χ4v) is 3.48. The highest BCUT2D eigenvalue weighted by Crippen LogP contribution is 2.16. The van der Waals surface area contributed by atoms with Gasteiger partial charge in [-0.2, -0.15) is 0 Å². The highest BCUT2D eigenvalue weighted by Gasteiger charge is 2.07. The number of guanidine groups is 1. The summed E-state index contributed by atoms with van der Waals surface area (Å²) >= 11 is 0. The maximum absolute atomic E-state index is 13.8. The van der Waals surface area contributed by atoms with E-state index in [1.165, 1.54) is 12.3 Å². The summed E-state index contributed by atoms with van der Waals surface area (Å²) in [6.45, 7) is 2.10. The van der Waals surface area contributed by atoms with Gasteiger partial charge in [0.25, 0.3) is 0 Å². The van der Waals surface area contributed by atoms with Crippen molar-refractivity contribution in [2.45, 2.75) is 17.7 Å². The second-order valence-corrected chi connectivity index (χ2v) is 8.83. The Morgan fingerprint density at radius 3 is 2.30 bits per heavy atom. The van der Waals surface area contributed by atoms with E-state index >= 15 is 0 Å². The number of rotatable bonds is 9. The zero-order chi connectivity index (χ0) is 21.3. The first-order valence-corrected chi connectivity index (χ1v) is 11.4. The van der Waals surface area contributed by atoms with Crippen LogP contribution < -0.4 is 15.5 Å². The van der Waals surface area contributed by atoms with Gasteiger partial charge in [0, 0.05) is 40.0 Å². The maximum atomic E-state index is 13.8. The number of sulfone groups is 1. The first-order chi connectivity index (χ1) is 13.8. The van der Waals surface area contributed by atoms with Crippen LogP contribution >= 0.6 is 24.0 Å². The van der Waals surface area contributed by atoms with E-state index in [0.29, 0.717) is 29.6 Å². The largest absolute Gasteiger partial charge is 0.372 e. The van der Waals surface area contributed by atoms with Crippen molar-refractivity contribution < 1.29 is 12.8 Å². The van der Waals surface area contributed by atoms with Crippen LogP contribution in [0.5, 0.6) is 0 Å². The molecule has 0 unspecified atom stereocenters. The van der Waals surface area contributed by atoms with Crippen molar-refractivity contribution in [3.8, 4) is 0 Å². The molecule has 0 aliphatic carbocycles. The van der Waals surface area contributed by atoms with Gasteiger partial charge in [-0.3, -0.25) is 4.99 Å². The predicted octanol–water partition coefficient (Wildman–Crippen LogP) is 3.08. The minimum Gasteiger partial charge on any atom is -0.372 e. The summed E-state index contributed by atoms with van der Waals surface area (Å²) in [6.07, 6.45) is 2.78. The first-order valence-electron chi connectivity index (χ1n) is 9.50. The van der Waals surface area contributed by atoms with Crippen LogP contribution in [-0.4, -0.2) is 54.4 Å². The number of anilines is 1. The Morgan fingerprint density at radius 1 is 1.07 bits per heavy atom. The molecule has 30 heavy (non-hydrogen) atoms. The van der Waals surface area contributed by atoms with E-state index in [0.717, 1.165) is 24.9 Å². The van der Waals surface area contributed by atoms with Gasteiger partial charge in [-0.15, -0.1) is 24.0 Å². The van der Waals surface area contributed by atoms with E-state index in [2.05, 4.69) is 15.6 Å². The Labute approximate surface area is 195 Å². The van der Waals surface area contributed by atoms with Crippen molar-refractivity contribution >= 4 is 45.5 Å². The molecular formula is C21H30FIN4O2S. The average Bonchev–Trinajstić information content (AvgIpc) is 2.69. The summed E-state index contributed by atoms with van der Waals surface area (Å²) in [4.78, 5) is 6.42. The molecule has 0 heterocycles. The van der Waals surface area contributed by atoms with Crippen molar-refractivity contribution in [3.05, 3.63) is 59.9 Å². The number of nitrogens with zero attached hydrogens (tertiary/aromatic N) is 2. The molecule has 0 aliphatic heterocycles. The lowest BCUT2D eigenvalue weighted by atomic mass is 10.1. The lowest BCUT2D eigenvalue weighted by Crippen LogP contribution is -2.39. The summed E-state index contributed by atoms with van der Waals surface area (Å²) in [5.41, 5.74) is 1.64. The Morgan fingerprint density at radius 2 is 1.70 bits per heavy atom. The number of hydrogen-bond donors (Lipinski definition) is 2. The Hall–Kier alpha value is -1.88. The van der Waals surface area contributed by atoms with Crippen LogP contribution in [0.1, 0.15) is 12.0 Å². The lowest BCUT2D eigenvalue weighted by molar-refractivity contribution is 0.602. The van der Waals surface area contributed by atoms with E-state index in [9.17, 15) is 12.8 Å². The molecule has 0 fully saturated rings. The Balaban J connectivity index is 0.00000450. The minimum absolute atomic E-state index is 0. The van der Waals surface area contributed by atoms with Gasteiger partial charge < -0.3 is 15.5 Å². The molecule has 0 saturated carbocycles. The van der Waals surface area contributed by atoms with Gasteiger partial charge >= 0.3 is 0 Å². The molecule has 0 spiro atoms. The molecule has 0 aliphatic rings. The SMILES string of the molecule is CN=C(NCCCN(C)c1ccccc1F)NCCc1ccc(S(C)(=O)=O)cc1.I. The topological polar surface area (TPSA) is 73.8 Å². The zero-order valence-electron chi connectivity index (χ0n) is 17.6. The molecule has 2 aromatic rings. The number of aliphatic imine (C=N–C) groups is 1. The molecule has 2 aromatic carbocycles. The molecule has 2 rings (SSSR count). The smallest absolute Gasteiger partial charge is 0.190 e. The standard InChI is InChI=1S/C21H29FN4O2S.HI/c1-23-21(24-14-6-16-26(2)20-8-5-4-7-19(20)22)25-15-13-17-9-11-18(12-10-17)29(3,27)28;/h4-5,7-12H,6,13-16H2,1-3H3,(H2,23,24,25);1H. The summed E-state index contributed by atoms with van der Waals surface area (Å²) in [5.74, 6) is 0.483. The Bertz CT molecular complexity index is 921. The molecule has 0 amide bonds. The van der Waals surface area contributed by atoms with E-state index in [-0.39, 0.29) is 29.8 Å². The highest BCUT2D eigenvalue weighted by molar-refractivity contribution is 14.0. The van der Waals surface area contributed by atoms with Crippen molar-refractivity contribution in [3.63, 3.8) is 0 Å². The fourth-order valence-electron chi connectivity index (χ4n) is 2.85. The predicted molar refractivity (Wildman–Crippen MR) is 132 cm³/mol. The van der Waals surface area contributed by atoms with Gasteiger partial charge in [0.2, 0.25) is 0 Å². The number of nitrogens with one attached hydrogen (secondary N) is 2. The quantitative estimate of drug-likeness (QED) is 0.218. The lowest BCUT2D eigenvalue weighted by Gasteiger charge is -2.20. The third kappa shape index (κ3) is 8.47. The third-order valence-corrected chi connectivity index (χ3v) is 5.64. The van der Waals surface area contributed by atoms with Gasteiger partial charge in [-0.1, -0.05) is 24.3 Å². The van der Waals surface area contributed by atoms with Crippen LogP contribution in [-0.2, 0) is 16.3 Å². The van der Waals surface area contributed by atoms with Crippen molar-refractivity contribution in [1.82, 2.24) is 10.6 Å². The number of benzene rings is 2. The van der Waals surface area contributed by atoms with E-state index in [4.69, 9.17) is 0 Å². The number of hydrogen-bond acceptors (Lipinski definition) is 4. The molecule has 6 nitrogen and oxygen atoms in total. The minimum atomic E-state index is -3.17. The van der Waals surface area contributed by atoms with Gasteiger partial charge in [-0.25, -0.2) is 12.8 Å². The molecule has 0 aromatic heterocycles. The molecule has 0 radical (unpaired) electrons. The van der Waals surface area contributed by atoms with Crippen molar-refractivity contribution in [1.29, 1.82) is 0 Å². The summed E-state index contributed by atoms with van der Waals surface area (Å²) in [5, 5.41) is 6.48. The Kier molecular flexibility index (Phi) is 11.1. The molecule has 0 atom stereocenters. The van der Waals surface area contributed by atoms with Gasteiger partial charge in [0.15, 0.2) is 15.8 Å². The van der Waals surface area contributed by atoms with Gasteiger partial charge in [0.1, 0.15) is 5.82 Å². The van der Waals surface area contributed by atoms with Crippen molar-refractivity contribution in [2.24, 2.45) is 4.99 Å². The molecule has 166 valence electrons. The normalized spacial score (nSPS) is 11.5.